The number of rotatable bonds is 4. The van der Waals surface area contributed by atoms with Crippen LogP contribution in [-0.4, -0.2) is 5.12 Å². The third kappa shape index (κ3) is 33.1. The molecule has 0 amide bonds. The molecule has 0 heterocycles. The molecule has 0 aliphatic carbocycles. The zero-order chi connectivity index (χ0) is 9.98. The van der Waals surface area contributed by atoms with Gasteiger partial charge in [-0.2, -0.15) is 0 Å². The average Bonchev–Trinajstić information content (AvgIpc) is 1.86. The maximum atomic E-state index is 9.31. The number of allylic oxidation sites excluding steroid dienone is 1. The van der Waals surface area contributed by atoms with Gasteiger partial charge in [-0.1, -0.05) is 25.3 Å². The summed E-state index contributed by atoms with van der Waals surface area (Å²) in [6.07, 6.45) is 5.21. The van der Waals surface area contributed by atoms with Gasteiger partial charge in [-0.3, -0.25) is 4.79 Å². The fourth-order valence-electron chi connectivity index (χ4n) is 0.677. The van der Waals surface area contributed by atoms with Crippen LogP contribution in [0.5, 0.6) is 0 Å². The Morgan fingerprint density at radius 3 is 2.00 bits per heavy atom. The molecule has 0 saturated carbocycles. The fourth-order valence-corrected chi connectivity index (χ4v) is 0.677. The van der Waals surface area contributed by atoms with E-state index >= 15 is 0 Å². The Labute approximate surface area is 81.7 Å². The predicted molar refractivity (Wildman–Crippen MR) is 58.6 cm³/mol. The Bertz CT molecular complexity index is 126. The van der Waals surface area contributed by atoms with Crippen LogP contribution >= 0.6 is 12.6 Å². The Hall–Kier alpha value is -0.240. The zero-order valence-electron chi connectivity index (χ0n) is 8.39. The molecule has 0 aromatic carbocycles. The van der Waals surface area contributed by atoms with Crippen LogP contribution in [0.1, 0.15) is 46.5 Å². The largest absolute Gasteiger partial charge is 0.288 e. The van der Waals surface area contributed by atoms with Gasteiger partial charge in [0.1, 0.15) is 0 Å². The average molecular weight is 188 g/mol. The van der Waals surface area contributed by atoms with Gasteiger partial charge < -0.3 is 0 Å². The molecule has 0 aliphatic heterocycles. The first-order valence-electron chi connectivity index (χ1n) is 4.34. The highest BCUT2D eigenvalue weighted by molar-refractivity contribution is 7.96. The summed E-state index contributed by atoms with van der Waals surface area (Å²) >= 11 is 3.33. The van der Waals surface area contributed by atoms with Crippen LogP contribution in [0.15, 0.2) is 12.2 Å². The quantitative estimate of drug-likeness (QED) is 0.405. The molecule has 0 aliphatic rings. The van der Waals surface area contributed by atoms with Gasteiger partial charge >= 0.3 is 0 Å². The topological polar surface area (TPSA) is 17.1 Å². The van der Waals surface area contributed by atoms with Crippen LogP contribution in [-0.2, 0) is 4.79 Å². The van der Waals surface area contributed by atoms with E-state index < -0.39 is 0 Å². The van der Waals surface area contributed by atoms with E-state index in [0.717, 1.165) is 0 Å². The third-order valence-corrected chi connectivity index (χ3v) is 1.21. The molecule has 0 aromatic rings. The van der Waals surface area contributed by atoms with E-state index in [-0.39, 0.29) is 5.12 Å². The molecule has 72 valence electrons. The lowest BCUT2D eigenvalue weighted by atomic mass is 10.1. The first kappa shape index (κ1) is 14.3. The van der Waals surface area contributed by atoms with Crippen molar-refractivity contribution in [2.24, 2.45) is 0 Å². The number of hydrogen-bond acceptors (Lipinski definition) is 1. The number of carbonyl (C=O) groups excluding carboxylic acids is 1. The van der Waals surface area contributed by atoms with E-state index in [1.54, 1.807) is 0 Å². The summed E-state index contributed by atoms with van der Waals surface area (Å²) in [6.45, 7) is 9.53. The highest BCUT2D eigenvalue weighted by atomic mass is 32.1. The maximum Gasteiger partial charge on any atom is 0.182 e. The molecule has 0 fully saturated rings. The molecule has 0 N–H and O–H groups in total. The van der Waals surface area contributed by atoms with Crippen molar-refractivity contribution in [2.75, 3.05) is 0 Å². The summed E-state index contributed by atoms with van der Waals surface area (Å²) in [5.41, 5.74) is 1.32. The third-order valence-electron chi connectivity index (χ3n) is 1.21. The fraction of sp³-hybridized carbons (Fsp3) is 0.700. The Kier molecular flexibility index (Phi) is 12.8. The van der Waals surface area contributed by atoms with Gasteiger partial charge in [-0.05, 0) is 19.8 Å². The number of carbonyl (C=O) groups is 1. The lowest BCUT2D eigenvalue weighted by molar-refractivity contribution is -0.108. The minimum Gasteiger partial charge on any atom is -0.288 e. The molecule has 0 rings (SSSR count). The van der Waals surface area contributed by atoms with Crippen LogP contribution in [0.25, 0.3) is 0 Å². The van der Waals surface area contributed by atoms with E-state index in [9.17, 15) is 4.79 Å². The second-order valence-electron chi connectivity index (χ2n) is 2.93. The van der Waals surface area contributed by atoms with Crippen molar-refractivity contribution >= 4 is 17.7 Å². The lowest BCUT2D eigenvalue weighted by Crippen LogP contribution is -1.74. The molecule has 0 saturated heterocycles. The van der Waals surface area contributed by atoms with E-state index in [1.807, 2.05) is 0 Å². The lowest BCUT2D eigenvalue weighted by Gasteiger charge is -1.94. The van der Waals surface area contributed by atoms with E-state index in [1.165, 1.54) is 38.2 Å². The first-order chi connectivity index (χ1) is 5.50. The molecular weight excluding hydrogens is 168 g/mol. The summed E-state index contributed by atoms with van der Waals surface area (Å²) < 4.78 is 0. The van der Waals surface area contributed by atoms with Gasteiger partial charge in [0.25, 0.3) is 0 Å². The number of thiol groups is 1. The second-order valence-corrected chi connectivity index (χ2v) is 3.56. The molecule has 2 heteroatoms. The van der Waals surface area contributed by atoms with Crippen LogP contribution in [0, 0.1) is 0 Å². The Balaban J connectivity index is 0. The van der Waals surface area contributed by atoms with Crippen molar-refractivity contribution in [2.45, 2.75) is 46.5 Å². The van der Waals surface area contributed by atoms with E-state index in [2.05, 4.69) is 33.1 Å². The summed E-state index contributed by atoms with van der Waals surface area (Å²) in [5.74, 6) is 0. The van der Waals surface area contributed by atoms with Gasteiger partial charge in [0.15, 0.2) is 5.12 Å². The van der Waals surface area contributed by atoms with E-state index in [4.69, 9.17) is 0 Å². The standard InChI is InChI=1S/C8H16.C2H4OS/c1-4-5-6-7-8(2)3;1-2(3)4/h2,4-7H2,1,3H3;1H3,(H,3,4). The van der Waals surface area contributed by atoms with Crippen LogP contribution in [0.2, 0.25) is 0 Å². The molecule has 0 spiro atoms. The van der Waals surface area contributed by atoms with E-state index in [0.29, 0.717) is 0 Å². The van der Waals surface area contributed by atoms with Crippen molar-refractivity contribution in [3.8, 4) is 0 Å². The SMILES string of the molecule is C=C(C)CCCCC.CC(=O)S. The van der Waals surface area contributed by atoms with Gasteiger partial charge in [-0.15, -0.1) is 19.2 Å². The minimum absolute atomic E-state index is 0.139. The van der Waals surface area contributed by atoms with Crippen LogP contribution in [0.3, 0.4) is 0 Å². The molecule has 0 atom stereocenters. The van der Waals surface area contributed by atoms with Crippen molar-refractivity contribution in [3.63, 3.8) is 0 Å². The van der Waals surface area contributed by atoms with Crippen molar-refractivity contribution in [3.05, 3.63) is 12.2 Å². The van der Waals surface area contributed by atoms with Crippen LogP contribution in [0.4, 0.5) is 0 Å². The highest BCUT2D eigenvalue weighted by Gasteiger charge is 1.84. The van der Waals surface area contributed by atoms with Gasteiger partial charge in [0, 0.05) is 6.92 Å². The maximum absolute atomic E-state index is 9.31. The summed E-state index contributed by atoms with van der Waals surface area (Å²) in [5, 5.41) is -0.139. The number of unbranched alkanes of at least 4 members (excludes halogenated alkanes) is 2. The normalized spacial score (nSPS) is 8.33. The smallest absolute Gasteiger partial charge is 0.182 e. The number of hydrogen-bond donors (Lipinski definition) is 1. The molecule has 0 bridgehead atoms. The molecule has 1 nitrogen and oxygen atoms in total. The van der Waals surface area contributed by atoms with Gasteiger partial charge in [-0.25, -0.2) is 0 Å². The van der Waals surface area contributed by atoms with Gasteiger partial charge in [0.05, 0.1) is 0 Å². The molecular formula is C10H20OS. The first-order valence-corrected chi connectivity index (χ1v) is 4.79. The predicted octanol–water partition coefficient (Wildman–Crippen LogP) is 3.61. The van der Waals surface area contributed by atoms with Crippen molar-refractivity contribution < 1.29 is 4.79 Å². The van der Waals surface area contributed by atoms with Crippen LogP contribution < -0.4 is 0 Å². The van der Waals surface area contributed by atoms with Crippen molar-refractivity contribution in [1.82, 2.24) is 0 Å². The molecule has 12 heavy (non-hydrogen) atoms. The summed E-state index contributed by atoms with van der Waals surface area (Å²) in [6, 6.07) is 0. The molecule has 0 unspecified atom stereocenters. The second kappa shape index (κ2) is 10.8. The Morgan fingerprint density at radius 1 is 1.33 bits per heavy atom. The van der Waals surface area contributed by atoms with Gasteiger partial charge in [0.2, 0.25) is 0 Å². The van der Waals surface area contributed by atoms with Crippen molar-refractivity contribution in [1.29, 1.82) is 0 Å². The monoisotopic (exact) mass is 188 g/mol. The summed E-state index contributed by atoms with van der Waals surface area (Å²) in [4.78, 5) is 9.31. The zero-order valence-corrected chi connectivity index (χ0v) is 9.29. The Morgan fingerprint density at radius 2 is 1.75 bits per heavy atom. The highest BCUT2D eigenvalue weighted by Crippen LogP contribution is 2.04. The molecule has 0 radical (unpaired) electrons. The summed E-state index contributed by atoms with van der Waals surface area (Å²) in [7, 11) is 0. The minimum atomic E-state index is -0.139. The molecule has 0 aromatic heterocycles.